The van der Waals surface area contributed by atoms with Gasteiger partial charge in [-0.2, -0.15) is 0 Å². The fraction of sp³-hybridized carbons (Fsp3) is 0.364. The zero-order chi connectivity index (χ0) is 10.2. The van der Waals surface area contributed by atoms with Gasteiger partial charge in [0.2, 0.25) is 5.91 Å². The van der Waals surface area contributed by atoms with E-state index >= 15 is 0 Å². The Labute approximate surface area is 83.1 Å². The highest BCUT2D eigenvalue weighted by molar-refractivity contribution is 5.93. The Balaban J connectivity index is 2.52. The lowest BCUT2D eigenvalue weighted by molar-refractivity contribution is -0.125. The first-order valence-electron chi connectivity index (χ1n) is 4.63. The van der Waals surface area contributed by atoms with Crippen molar-refractivity contribution in [2.75, 3.05) is 11.9 Å². The number of carbonyl (C=O) groups excluding carboxylic acids is 1. The third kappa shape index (κ3) is 1.51. The summed E-state index contributed by atoms with van der Waals surface area (Å²) >= 11 is 0. The van der Waals surface area contributed by atoms with Crippen LogP contribution in [0.25, 0.3) is 0 Å². The largest absolute Gasteiger partial charge is 0.361 e. The van der Waals surface area contributed by atoms with E-state index in [1.54, 1.807) is 0 Å². The van der Waals surface area contributed by atoms with E-state index in [0.29, 0.717) is 0 Å². The number of benzene rings is 1. The molecule has 3 nitrogen and oxygen atoms in total. The van der Waals surface area contributed by atoms with Gasteiger partial charge in [-0.25, -0.2) is 0 Å². The van der Waals surface area contributed by atoms with Gasteiger partial charge in [0.05, 0.1) is 5.60 Å². The molecule has 0 unspecified atom stereocenters. The first kappa shape index (κ1) is 9.21. The molecule has 3 heteroatoms. The maximum Gasteiger partial charge on any atom is 0.250 e. The van der Waals surface area contributed by atoms with Gasteiger partial charge in [-0.1, -0.05) is 18.2 Å². The summed E-state index contributed by atoms with van der Waals surface area (Å²) in [6, 6.07) is 7.71. The second kappa shape index (κ2) is 3.10. The van der Waals surface area contributed by atoms with Gasteiger partial charge >= 0.3 is 0 Å². The summed E-state index contributed by atoms with van der Waals surface area (Å²) in [5.74, 6) is -0.0944. The molecule has 2 rings (SSSR count). The molecule has 0 spiro atoms. The smallest absolute Gasteiger partial charge is 0.250 e. The van der Waals surface area contributed by atoms with Crippen LogP contribution in [0.5, 0.6) is 0 Å². The minimum atomic E-state index is -0.407. The molecule has 1 aliphatic rings. The molecular formula is C11H13NO2. The fourth-order valence-electron chi connectivity index (χ4n) is 1.63. The monoisotopic (exact) mass is 191 g/mol. The molecule has 1 heterocycles. The van der Waals surface area contributed by atoms with Crippen LogP contribution in [0.2, 0.25) is 0 Å². The Hall–Kier alpha value is -1.35. The summed E-state index contributed by atoms with van der Waals surface area (Å²) in [6.45, 7) is 4.04. The number of anilines is 1. The van der Waals surface area contributed by atoms with Crippen LogP contribution in [0.15, 0.2) is 24.3 Å². The summed E-state index contributed by atoms with van der Waals surface area (Å²) < 4.78 is 5.52. The van der Waals surface area contributed by atoms with Crippen LogP contribution in [0.1, 0.15) is 19.4 Å². The molecule has 0 saturated carbocycles. The van der Waals surface area contributed by atoms with Crippen molar-refractivity contribution in [2.24, 2.45) is 0 Å². The molecule has 74 valence electrons. The number of amides is 1. The molecule has 0 bridgehead atoms. The molecule has 0 aliphatic carbocycles. The van der Waals surface area contributed by atoms with Crippen LogP contribution in [-0.4, -0.2) is 12.5 Å². The molecule has 0 atom stereocenters. The lowest BCUT2D eigenvalue weighted by Crippen LogP contribution is -2.22. The van der Waals surface area contributed by atoms with E-state index in [2.05, 4.69) is 5.32 Å². The van der Waals surface area contributed by atoms with Crippen molar-refractivity contribution in [3.05, 3.63) is 29.8 Å². The number of para-hydroxylation sites is 1. The maximum atomic E-state index is 11.3. The molecule has 0 saturated heterocycles. The highest BCUT2D eigenvalue weighted by Gasteiger charge is 2.28. The molecular weight excluding hydrogens is 178 g/mol. The Bertz CT molecular complexity index is 371. The third-order valence-electron chi connectivity index (χ3n) is 2.41. The van der Waals surface area contributed by atoms with Crippen molar-refractivity contribution >= 4 is 11.6 Å². The van der Waals surface area contributed by atoms with Crippen molar-refractivity contribution in [2.45, 2.75) is 19.4 Å². The van der Waals surface area contributed by atoms with Crippen LogP contribution >= 0.6 is 0 Å². The lowest BCUT2D eigenvalue weighted by Gasteiger charge is -2.24. The van der Waals surface area contributed by atoms with Crippen molar-refractivity contribution in [3.63, 3.8) is 0 Å². The third-order valence-corrected chi connectivity index (χ3v) is 2.41. The predicted octanol–water partition coefficient (Wildman–Crippen LogP) is 1.89. The Morgan fingerprint density at radius 2 is 2.07 bits per heavy atom. The van der Waals surface area contributed by atoms with Gasteiger partial charge in [0.1, 0.15) is 6.61 Å². The minimum absolute atomic E-state index is 0.0944. The molecule has 1 aliphatic heterocycles. The van der Waals surface area contributed by atoms with E-state index in [-0.39, 0.29) is 12.5 Å². The zero-order valence-corrected chi connectivity index (χ0v) is 8.33. The first-order chi connectivity index (χ1) is 6.59. The normalized spacial score (nSPS) is 19.4. The number of fused-ring (bicyclic) bond motifs is 1. The van der Waals surface area contributed by atoms with Crippen LogP contribution in [0, 0.1) is 0 Å². The summed E-state index contributed by atoms with van der Waals surface area (Å²) in [7, 11) is 0. The van der Waals surface area contributed by atoms with Gasteiger partial charge in [-0.05, 0) is 19.9 Å². The van der Waals surface area contributed by atoms with Gasteiger partial charge in [-0.3, -0.25) is 4.79 Å². The Kier molecular flexibility index (Phi) is 2.04. The standard InChI is InChI=1S/C11H13NO2/c1-11(2)8-5-3-4-6-9(8)12-10(13)7-14-11/h3-6H,7H2,1-2H3,(H,12,13). The number of hydrogen-bond acceptors (Lipinski definition) is 2. The fourth-order valence-corrected chi connectivity index (χ4v) is 1.63. The van der Waals surface area contributed by atoms with E-state index < -0.39 is 5.60 Å². The molecule has 1 aromatic rings. The van der Waals surface area contributed by atoms with E-state index in [1.165, 1.54) is 0 Å². The Morgan fingerprint density at radius 3 is 2.86 bits per heavy atom. The van der Waals surface area contributed by atoms with Crippen LogP contribution in [0.4, 0.5) is 5.69 Å². The van der Waals surface area contributed by atoms with E-state index in [0.717, 1.165) is 11.3 Å². The summed E-state index contributed by atoms with van der Waals surface area (Å²) in [4.78, 5) is 11.3. The highest BCUT2D eigenvalue weighted by Crippen LogP contribution is 2.32. The molecule has 0 radical (unpaired) electrons. The summed E-state index contributed by atoms with van der Waals surface area (Å²) in [5, 5.41) is 2.81. The first-order valence-corrected chi connectivity index (χ1v) is 4.63. The highest BCUT2D eigenvalue weighted by atomic mass is 16.5. The Morgan fingerprint density at radius 1 is 1.36 bits per heavy atom. The second-order valence-electron chi connectivity index (χ2n) is 3.89. The molecule has 0 aromatic heterocycles. The van der Waals surface area contributed by atoms with Crippen LogP contribution in [0.3, 0.4) is 0 Å². The van der Waals surface area contributed by atoms with Gasteiger partial charge in [0.15, 0.2) is 0 Å². The summed E-state index contributed by atoms with van der Waals surface area (Å²) in [5.41, 5.74) is 1.46. The van der Waals surface area contributed by atoms with Gasteiger partial charge < -0.3 is 10.1 Å². The van der Waals surface area contributed by atoms with E-state index in [1.807, 2.05) is 38.1 Å². The van der Waals surface area contributed by atoms with Crippen molar-refractivity contribution in [1.29, 1.82) is 0 Å². The van der Waals surface area contributed by atoms with E-state index in [4.69, 9.17) is 4.74 Å². The summed E-state index contributed by atoms with van der Waals surface area (Å²) in [6.07, 6.45) is 0. The molecule has 1 amide bonds. The SMILES string of the molecule is CC1(C)OCC(=O)Nc2ccccc21. The molecule has 14 heavy (non-hydrogen) atoms. The predicted molar refractivity (Wildman–Crippen MR) is 54.0 cm³/mol. The number of ether oxygens (including phenoxy) is 1. The van der Waals surface area contributed by atoms with Crippen molar-refractivity contribution < 1.29 is 9.53 Å². The van der Waals surface area contributed by atoms with Gasteiger partial charge in [0, 0.05) is 11.3 Å². The number of nitrogens with one attached hydrogen (secondary N) is 1. The average Bonchev–Trinajstić information content (AvgIpc) is 2.25. The number of rotatable bonds is 0. The quantitative estimate of drug-likeness (QED) is 0.680. The number of carbonyl (C=O) groups is 1. The zero-order valence-electron chi connectivity index (χ0n) is 8.33. The molecule has 1 aromatic carbocycles. The van der Waals surface area contributed by atoms with E-state index in [9.17, 15) is 4.79 Å². The lowest BCUT2D eigenvalue weighted by atomic mass is 9.96. The number of hydrogen-bond donors (Lipinski definition) is 1. The minimum Gasteiger partial charge on any atom is -0.361 e. The molecule has 0 fully saturated rings. The van der Waals surface area contributed by atoms with Crippen molar-refractivity contribution in [3.8, 4) is 0 Å². The average molecular weight is 191 g/mol. The van der Waals surface area contributed by atoms with Gasteiger partial charge in [0.25, 0.3) is 0 Å². The van der Waals surface area contributed by atoms with Gasteiger partial charge in [-0.15, -0.1) is 0 Å². The van der Waals surface area contributed by atoms with Crippen LogP contribution in [-0.2, 0) is 15.1 Å². The maximum absolute atomic E-state index is 11.3. The molecule has 1 N–H and O–H groups in total. The second-order valence-corrected chi connectivity index (χ2v) is 3.89. The topological polar surface area (TPSA) is 38.3 Å². The van der Waals surface area contributed by atoms with Crippen LogP contribution < -0.4 is 5.32 Å². The van der Waals surface area contributed by atoms with Crippen molar-refractivity contribution in [1.82, 2.24) is 0 Å².